The number of benzene rings is 1. The summed E-state index contributed by atoms with van der Waals surface area (Å²) in [4.78, 5) is 25.5. The number of nitrogens with zero attached hydrogens (tertiary/aromatic N) is 1. The van der Waals surface area contributed by atoms with Gasteiger partial charge in [0.1, 0.15) is 0 Å². The summed E-state index contributed by atoms with van der Waals surface area (Å²) >= 11 is 0. The minimum atomic E-state index is -0.819. The van der Waals surface area contributed by atoms with E-state index >= 15 is 0 Å². The average Bonchev–Trinajstić information content (AvgIpc) is 2.60. The Morgan fingerprint density at radius 2 is 2.00 bits per heavy atom. The van der Waals surface area contributed by atoms with Crippen LogP contribution in [0.4, 0.5) is 0 Å². The van der Waals surface area contributed by atoms with Gasteiger partial charge >= 0.3 is 5.97 Å². The molecule has 6 heteroatoms. The zero-order chi connectivity index (χ0) is 17.7. The summed E-state index contributed by atoms with van der Waals surface area (Å²) in [5, 5.41) is 9.15. The van der Waals surface area contributed by atoms with Crippen LogP contribution < -0.4 is 9.47 Å². The summed E-state index contributed by atoms with van der Waals surface area (Å²) in [6, 6.07) is 5.62. The predicted octanol–water partition coefficient (Wildman–Crippen LogP) is 2.21. The standard InChI is InChI=1S/C18H25NO5/c1-12(9-13-6-7-15(23-2)16(10-13)24-3)17(20)19-8-4-5-14(11-19)18(21)22/h6-7,10,12,14H,4-5,8-9,11H2,1-3H3,(H,21,22)/t12?,14-/m0/s1. The van der Waals surface area contributed by atoms with Crippen molar-refractivity contribution in [3.05, 3.63) is 23.8 Å². The summed E-state index contributed by atoms with van der Waals surface area (Å²) in [5.41, 5.74) is 0.986. The van der Waals surface area contributed by atoms with Crippen LogP contribution in [0.15, 0.2) is 18.2 Å². The number of hydrogen-bond acceptors (Lipinski definition) is 4. The number of amides is 1. The lowest BCUT2D eigenvalue weighted by Gasteiger charge is -2.32. The summed E-state index contributed by atoms with van der Waals surface area (Å²) < 4.78 is 10.5. The minimum absolute atomic E-state index is 0.00994. The third-order valence-corrected chi connectivity index (χ3v) is 4.49. The molecule has 1 aromatic carbocycles. The molecule has 1 unspecified atom stereocenters. The lowest BCUT2D eigenvalue weighted by Crippen LogP contribution is -2.44. The molecule has 0 saturated carbocycles. The number of hydrogen-bond donors (Lipinski definition) is 1. The molecule has 1 saturated heterocycles. The molecule has 1 heterocycles. The average molecular weight is 335 g/mol. The van der Waals surface area contributed by atoms with Crippen LogP contribution in [0.1, 0.15) is 25.3 Å². The fourth-order valence-electron chi connectivity index (χ4n) is 3.14. The zero-order valence-corrected chi connectivity index (χ0v) is 14.4. The van der Waals surface area contributed by atoms with E-state index in [0.29, 0.717) is 37.4 Å². The summed E-state index contributed by atoms with van der Waals surface area (Å²) in [6.07, 6.45) is 1.96. The molecule has 132 valence electrons. The third-order valence-electron chi connectivity index (χ3n) is 4.49. The summed E-state index contributed by atoms with van der Waals surface area (Å²) in [7, 11) is 3.16. The molecule has 1 fully saturated rings. The topological polar surface area (TPSA) is 76.1 Å². The molecule has 1 aliphatic heterocycles. The quantitative estimate of drug-likeness (QED) is 0.862. The predicted molar refractivity (Wildman–Crippen MR) is 89.4 cm³/mol. The van der Waals surface area contributed by atoms with E-state index in [1.807, 2.05) is 25.1 Å². The second-order valence-electron chi connectivity index (χ2n) is 6.26. The number of carboxylic acids is 1. The van der Waals surface area contributed by atoms with E-state index in [4.69, 9.17) is 14.6 Å². The molecule has 0 radical (unpaired) electrons. The van der Waals surface area contributed by atoms with Gasteiger partial charge in [-0.15, -0.1) is 0 Å². The molecular weight excluding hydrogens is 310 g/mol. The van der Waals surface area contributed by atoms with Crippen LogP contribution in [0.25, 0.3) is 0 Å². The molecule has 0 aromatic heterocycles. The fraction of sp³-hybridized carbons (Fsp3) is 0.556. The Bertz CT molecular complexity index is 601. The van der Waals surface area contributed by atoms with Crippen molar-refractivity contribution in [3.8, 4) is 11.5 Å². The van der Waals surface area contributed by atoms with E-state index in [-0.39, 0.29) is 11.8 Å². The van der Waals surface area contributed by atoms with Crippen molar-refractivity contribution < 1.29 is 24.2 Å². The van der Waals surface area contributed by atoms with Crippen molar-refractivity contribution in [1.82, 2.24) is 4.90 Å². The molecular formula is C18H25NO5. The van der Waals surface area contributed by atoms with Crippen LogP contribution in [0, 0.1) is 11.8 Å². The highest BCUT2D eigenvalue weighted by atomic mass is 16.5. The Labute approximate surface area is 142 Å². The molecule has 0 aliphatic carbocycles. The van der Waals surface area contributed by atoms with E-state index in [2.05, 4.69) is 0 Å². The molecule has 1 N–H and O–H groups in total. The Hall–Kier alpha value is -2.24. The number of likely N-dealkylation sites (tertiary alicyclic amines) is 1. The van der Waals surface area contributed by atoms with Gasteiger partial charge in [-0.3, -0.25) is 9.59 Å². The van der Waals surface area contributed by atoms with Gasteiger partial charge < -0.3 is 19.5 Å². The van der Waals surface area contributed by atoms with Crippen LogP contribution in [0.3, 0.4) is 0 Å². The van der Waals surface area contributed by atoms with Crippen molar-refractivity contribution in [3.63, 3.8) is 0 Å². The van der Waals surface area contributed by atoms with Crippen molar-refractivity contribution in [2.75, 3.05) is 27.3 Å². The molecule has 1 amide bonds. The number of carbonyl (C=O) groups excluding carboxylic acids is 1. The second-order valence-corrected chi connectivity index (χ2v) is 6.26. The van der Waals surface area contributed by atoms with E-state index < -0.39 is 11.9 Å². The fourth-order valence-corrected chi connectivity index (χ4v) is 3.14. The van der Waals surface area contributed by atoms with Gasteiger partial charge in [0.15, 0.2) is 11.5 Å². The van der Waals surface area contributed by atoms with Gasteiger partial charge in [0.2, 0.25) is 5.91 Å². The molecule has 0 spiro atoms. The van der Waals surface area contributed by atoms with Crippen molar-refractivity contribution in [1.29, 1.82) is 0 Å². The maximum absolute atomic E-state index is 12.6. The Morgan fingerprint density at radius 3 is 2.62 bits per heavy atom. The Kier molecular flexibility index (Phi) is 6.06. The van der Waals surface area contributed by atoms with Gasteiger partial charge in [0, 0.05) is 19.0 Å². The lowest BCUT2D eigenvalue weighted by atomic mass is 9.95. The Morgan fingerprint density at radius 1 is 1.29 bits per heavy atom. The first-order chi connectivity index (χ1) is 11.5. The summed E-state index contributed by atoms with van der Waals surface area (Å²) in [6.45, 7) is 2.83. The van der Waals surface area contributed by atoms with Crippen LogP contribution >= 0.6 is 0 Å². The number of methoxy groups -OCH3 is 2. The van der Waals surface area contributed by atoms with Crippen LogP contribution in [0.5, 0.6) is 11.5 Å². The molecule has 0 bridgehead atoms. The smallest absolute Gasteiger partial charge is 0.308 e. The highest BCUT2D eigenvalue weighted by Gasteiger charge is 2.30. The molecule has 1 aromatic rings. The van der Waals surface area contributed by atoms with E-state index in [9.17, 15) is 9.59 Å². The highest BCUT2D eigenvalue weighted by Crippen LogP contribution is 2.29. The summed E-state index contributed by atoms with van der Waals surface area (Å²) in [5.74, 6) is -0.179. The third kappa shape index (κ3) is 4.19. The van der Waals surface area contributed by atoms with Crippen molar-refractivity contribution in [2.24, 2.45) is 11.8 Å². The number of ether oxygens (including phenoxy) is 2. The maximum atomic E-state index is 12.6. The van der Waals surface area contributed by atoms with Crippen LogP contribution in [-0.4, -0.2) is 49.2 Å². The monoisotopic (exact) mass is 335 g/mol. The SMILES string of the molecule is COc1ccc(CC(C)C(=O)N2CCC[C@H](C(=O)O)C2)cc1OC. The zero-order valence-electron chi connectivity index (χ0n) is 14.4. The molecule has 2 atom stereocenters. The Balaban J connectivity index is 2.02. The first-order valence-corrected chi connectivity index (χ1v) is 8.18. The van der Waals surface area contributed by atoms with E-state index in [0.717, 1.165) is 12.0 Å². The number of carboxylic acid groups (broad SMARTS) is 1. The molecule has 24 heavy (non-hydrogen) atoms. The second kappa shape index (κ2) is 8.04. The van der Waals surface area contributed by atoms with Gasteiger partial charge in [-0.2, -0.15) is 0 Å². The molecule has 2 rings (SSSR count). The maximum Gasteiger partial charge on any atom is 0.308 e. The van der Waals surface area contributed by atoms with E-state index in [1.54, 1.807) is 19.1 Å². The molecule has 6 nitrogen and oxygen atoms in total. The van der Waals surface area contributed by atoms with Gasteiger partial charge in [0.25, 0.3) is 0 Å². The first-order valence-electron chi connectivity index (χ1n) is 8.18. The number of rotatable bonds is 6. The van der Waals surface area contributed by atoms with Crippen LogP contribution in [-0.2, 0) is 16.0 Å². The lowest BCUT2D eigenvalue weighted by molar-refractivity contribution is -0.146. The number of carbonyl (C=O) groups is 2. The van der Waals surface area contributed by atoms with Crippen LogP contribution in [0.2, 0.25) is 0 Å². The van der Waals surface area contributed by atoms with Gasteiger partial charge in [-0.1, -0.05) is 13.0 Å². The minimum Gasteiger partial charge on any atom is -0.493 e. The van der Waals surface area contributed by atoms with Gasteiger partial charge in [0.05, 0.1) is 20.1 Å². The normalized spacial score (nSPS) is 18.8. The largest absolute Gasteiger partial charge is 0.493 e. The van der Waals surface area contributed by atoms with Gasteiger partial charge in [-0.25, -0.2) is 0 Å². The van der Waals surface area contributed by atoms with Crippen molar-refractivity contribution in [2.45, 2.75) is 26.2 Å². The number of piperidine rings is 1. The number of aliphatic carboxylic acids is 1. The van der Waals surface area contributed by atoms with Crippen molar-refractivity contribution >= 4 is 11.9 Å². The first kappa shape index (κ1) is 18.1. The highest BCUT2D eigenvalue weighted by molar-refractivity contribution is 5.80. The van der Waals surface area contributed by atoms with Gasteiger partial charge in [-0.05, 0) is 37.0 Å². The molecule has 1 aliphatic rings. The van der Waals surface area contributed by atoms with E-state index in [1.165, 1.54) is 0 Å².